The van der Waals surface area contributed by atoms with Crippen molar-refractivity contribution >= 4 is 22.7 Å². The number of hydrogen-bond acceptors (Lipinski definition) is 2. The standard InChI is InChI=1S/C18H23N3O2/c1-12-6-7-15-14(11-12)13(2)17(20-15)18(23)19-8-4-10-21-9-3-5-16(21)22/h6-7,11,20H,3-5,8-10H2,1-2H3,(H,19,23). The number of amides is 2. The van der Waals surface area contributed by atoms with Gasteiger partial charge in [-0.25, -0.2) is 0 Å². The number of rotatable bonds is 5. The van der Waals surface area contributed by atoms with Crippen molar-refractivity contribution in [3.63, 3.8) is 0 Å². The van der Waals surface area contributed by atoms with Gasteiger partial charge in [-0.3, -0.25) is 9.59 Å². The van der Waals surface area contributed by atoms with Crippen LogP contribution in [0.5, 0.6) is 0 Å². The van der Waals surface area contributed by atoms with Crippen LogP contribution in [0.25, 0.3) is 10.9 Å². The quantitative estimate of drug-likeness (QED) is 0.833. The minimum absolute atomic E-state index is 0.0795. The second kappa shape index (κ2) is 6.44. The number of aromatic amines is 1. The SMILES string of the molecule is Cc1ccc2[nH]c(C(=O)NCCCN3CCCC3=O)c(C)c2c1. The number of aromatic nitrogens is 1. The zero-order valence-corrected chi connectivity index (χ0v) is 13.7. The number of aryl methyl sites for hydroxylation is 2. The molecule has 122 valence electrons. The van der Waals surface area contributed by atoms with Gasteiger partial charge in [0.25, 0.3) is 5.91 Å². The molecule has 2 heterocycles. The molecular formula is C18H23N3O2. The molecule has 1 aliphatic heterocycles. The maximum absolute atomic E-state index is 12.4. The molecule has 2 N–H and O–H groups in total. The van der Waals surface area contributed by atoms with E-state index in [1.165, 1.54) is 5.56 Å². The number of likely N-dealkylation sites (tertiary alicyclic amines) is 1. The molecule has 0 radical (unpaired) electrons. The van der Waals surface area contributed by atoms with Gasteiger partial charge in [0, 0.05) is 37.0 Å². The minimum Gasteiger partial charge on any atom is -0.351 e. The van der Waals surface area contributed by atoms with Crippen LogP contribution in [-0.4, -0.2) is 41.3 Å². The number of H-pyrrole nitrogens is 1. The molecule has 5 heteroatoms. The zero-order chi connectivity index (χ0) is 16.4. The van der Waals surface area contributed by atoms with Gasteiger partial charge >= 0.3 is 0 Å². The van der Waals surface area contributed by atoms with Crippen LogP contribution in [0.4, 0.5) is 0 Å². The van der Waals surface area contributed by atoms with E-state index < -0.39 is 0 Å². The fourth-order valence-electron chi connectivity index (χ4n) is 3.17. The van der Waals surface area contributed by atoms with E-state index in [0.29, 0.717) is 18.7 Å². The summed E-state index contributed by atoms with van der Waals surface area (Å²) in [5.41, 5.74) is 3.78. The van der Waals surface area contributed by atoms with Gasteiger partial charge in [-0.15, -0.1) is 0 Å². The molecule has 0 saturated carbocycles. The fraction of sp³-hybridized carbons (Fsp3) is 0.444. The summed E-state index contributed by atoms with van der Waals surface area (Å²) in [4.78, 5) is 29.0. The van der Waals surface area contributed by atoms with Crippen molar-refractivity contribution in [1.82, 2.24) is 15.2 Å². The lowest BCUT2D eigenvalue weighted by atomic mass is 10.1. The molecular weight excluding hydrogens is 290 g/mol. The first-order valence-corrected chi connectivity index (χ1v) is 8.21. The van der Waals surface area contributed by atoms with E-state index >= 15 is 0 Å². The normalized spacial score (nSPS) is 14.7. The van der Waals surface area contributed by atoms with Crippen molar-refractivity contribution < 1.29 is 9.59 Å². The Labute approximate surface area is 136 Å². The fourth-order valence-corrected chi connectivity index (χ4v) is 3.17. The van der Waals surface area contributed by atoms with Gasteiger partial charge < -0.3 is 15.2 Å². The van der Waals surface area contributed by atoms with E-state index in [0.717, 1.165) is 42.4 Å². The maximum atomic E-state index is 12.4. The third kappa shape index (κ3) is 3.23. The van der Waals surface area contributed by atoms with Crippen molar-refractivity contribution in [2.45, 2.75) is 33.1 Å². The summed E-state index contributed by atoms with van der Waals surface area (Å²) in [6.45, 7) is 6.18. The van der Waals surface area contributed by atoms with Crippen LogP contribution in [-0.2, 0) is 4.79 Å². The smallest absolute Gasteiger partial charge is 0.268 e. The van der Waals surface area contributed by atoms with Gasteiger partial charge in [-0.2, -0.15) is 0 Å². The molecule has 0 bridgehead atoms. The third-order valence-corrected chi connectivity index (χ3v) is 4.50. The molecule has 1 fully saturated rings. The molecule has 0 atom stereocenters. The highest BCUT2D eigenvalue weighted by Crippen LogP contribution is 2.22. The first-order valence-electron chi connectivity index (χ1n) is 8.21. The van der Waals surface area contributed by atoms with Crippen molar-refractivity contribution in [3.05, 3.63) is 35.0 Å². The molecule has 3 rings (SSSR count). The second-order valence-corrected chi connectivity index (χ2v) is 6.27. The van der Waals surface area contributed by atoms with Gasteiger partial charge in [0.15, 0.2) is 0 Å². The summed E-state index contributed by atoms with van der Waals surface area (Å²) in [5.74, 6) is 0.155. The summed E-state index contributed by atoms with van der Waals surface area (Å²) in [6, 6.07) is 6.14. The van der Waals surface area contributed by atoms with Crippen molar-refractivity contribution in [1.29, 1.82) is 0 Å². The van der Waals surface area contributed by atoms with Gasteiger partial charge in [0.1, 0.15) is 5.69 Å². The molecule has 2 aromatic rings. The Balaban J connectivity index is 1.58. The Morgan fingerprint density at radius 3 is 2.91 bits per heavy atom. The first-order chi connectivity index (χ1) is 11.1. The van der Waals surface area contributed by atoms with E-state index in [4.69, 9.17) is 0 Å². The van der Waals surface area contributed by atoms with Crippen molar-refractivity contribution in [3.8, 4) is 0 Å². The Morgan fingerprint density at radius 2 is 2.17 bits per heavy atom. The molecule has 0 aliphatic carbocycles. The molecule has 0 spiro atoms. The highest BCUT2D eigenvalue weighted by atomic mass is 16.2. The number of carbonyl (C=O) groups is 2. The number of nitrogens with zero attached hydrogens (tertiary/aromatic N) is 1. The van der Waals surface area contributed by atoms with Crippen LogP contribution in [0.2, 0.25) is 0 Å². The number of fused-ring (bicyclic) bond motifs is 1. The van der Waals surface area contributed by atoms with E-state index in [-0.39, 0.29) is 11.8 Å². The topological polar surface area (TPSA) is 65.2 Å². The molecule has 1 aromatic carbocycles. The van der Waals surface area contributed by atoms with E-state index in [1.807, 2.05) is 30.9 Å². The Kier molecular flexibility index (Phi) is 4.37. The number of benzene rings is 1. The van der Waals surface area contributed by atoms with Crippen LogP contribution in [0.3, 0.4) is 0 Å². The van der Waals surface area contributed by atoms with Crippen molar-refractivity contribution in [2.24, 2.45) is 0 Å². The molecule has 0 unspecified atom stereocenters. The highest BCUT2D eigenvalue weighted by molar-refractivity contribution is 6.01. The number of carbonyl (C=O) groups excluding carboxylic acids is 2. The van der Waals surface area contributed by atoms with Gasteiger partial charge in [0.05, 0.1) is 0 Å². The van der Waals surface area contributed by atoms with E-state index in [2.05, 4.69) is 16.4 Å². The Morgan fingerprint density at radius 1 is 1.35 bits per heavy atom. The van der Waals surface area contributed by atoms with Gasteiger partial charge in [0.2, 0.25) is 5.91 Å². The van der Waals surface area contributed by atoms with Crippen molar-refractivity contribution in [2.75, 3.05) is 19.6 Å². The van der Waals surface area contributed by atoms with Crippen LogP contribution in [0.15, 0.2) is 18.2 Å². The largest absolute Gasteiger partial charge is 0.351 e. The average molecular weight is 313 g/mol. The first kappa shape index (κ1) is 15.6. The predicted octanol–water partition coefficient (Wildman–Crippen LogP) is 2.53. The lowest BCUT2D eigenvalue weighted by molar-refractivity contribution is -0.127. The molecule has 1 aliphatic rings. The Hall–Kier alpha value is -2.30. The molecule has 23 heavy (non-hydrogen) atoms. The van der Waals surface area contributed by atoms with Gasteiger partial charge in [-0.05, 0) is 44.4 Å². The van der Waals surface area contributed by atoms with Crippen LogP contribution >= 0.6 is 0 Å². The molecule has 1 saturated heterocycles. The van der Waals surface area contributed by atoms with Gasteiger partial charge in [-0.1, -0.05) is 11.6 Å². The third-order valence-electron chi connectivity index (χ3n) is 4.50. The van der Waals surface area contributed by atoms with Crippen LogP contribution < -0.4 is 5.32 Å². The molecule has 2 amide bonds. The monoisotopic (exact) mass is 313 g/mol. The minimum atomic E-state index is -0.0795. The molecule has 5 nitrogen and oxygen atoms in total. The lowest BCUT2D eigenvalue weighted by Gasteiger charge is -2.15. The average Bonchev–Trinajstić information content (AvgIpc) is 3.08. The second-order valence-electron chi connectivity index (χ2n) is 6.27. The zero-order valence-electron chi connectivity index (χ0n) is 13.7. The van der Waals surface area contributed by atoms with Crippen LogP contribution in [0, 0.1) is 13.8 Å². The van der Waals surface area contributed by atoms with E-state index in [9.17, 15) is 9.59 Å². The Bertz CT molecular complexity index is 748. The lowest BCUT2D eigenvalue weighted by Crippen LogP contribution is -2.31. The number of hydrogen-bond donors (Lipinski definition) is 2. The molecule has 1 aromatic heterocycles. The summed E-state index contributed by atoms with van der Waals surface area (Å²) >= 11 is 0. The van der Waals surface area contributed by atoms with Crippen LogP contribution in [0.1, 0.15) is 40.9 Å². The summed E-state index contributed by atoms with van der Waals surface area (Å²) in [6.07, 6.45) is 2.41. The number of nitrogens with one attached hydrogen (secondary N) is 2. The highest BCUT2D eigenvalue weighted by Gasteiger charge is 2.19. The predicted molar refractivity (Wildman–Crippen MR) is 90.5 cm³/mol. The maximum Gasteiger partial charge on any atom is 0.268 e. The summed E-state index contributed by atoms with van der Waals surface area (Å²) in [5, 5.41) is 4.04. The summed E-state index contributed by atoms with van der Waals surface area (Å²) < 4.78 is 0. The van der Waals surface area contributed by atoms with E-state index in [1.54, 1.807) is 0 Å². The summed E-state index contributed by atoms with van der Waals surface area (Å²) in [7, 11) is 0.